The number of ether oxygens (including phenoxy) is 2. The Kier molecular flexibility index (Phi) is 6.31. The van der Waals surface area contributed by atoms with Crippen molar-refractivity contribution in [3.63, 3.8) is 0 Å². The number of rotatable bonds is 8. The van der Waals surface area contributed by atoms with Gasteiger partial charge in [-0.05, 0) is 31.2 Å². The van der Waals surface area contributed by atoms with Crippen LogP contribution in [0.2, 0.25) is 0 Å². The third kappa shape index (κ3) is 5.15. The van der Waals surface area contributed by atoms with Gasteiger partial charge in [-0.2, -0.15) is 0 Å². The van der Waals surface area contributed by atoms with Crippen LogP contribution in [0, 0.1) is 0 Å². The van der Waals surface area contributed by atoms with Gasteiger partial charge < -0.3 is 25.0 Å². The van der Waals surface area contributed by atoms with E-state index in [1.165, 1.54) is 0 Å². The first-order valence-corrected chi connectivity index (χ1v) is 6.05. The van der Waals surface area contributed by atoms with E-state index in [1.54, 1.807) is 24.3 Å². The second-order valence-electron chi connectivity index (χ2n) is 3.83. The summed E-state index contributed by atoms with van der Waals surface area (Å²) in [6, 6.07) is 5.35. The Labute approximate surface area is 116 Å². The molecule has 0 aliphatic heterocycles. The van der Waals surface area contributed by atoms with Crippen LogP contribution in [0.15, 0.2) is 24.3 Å². The van der Waals surface area contributed by atoms with Gasteiger partial charge in [-0.15, -0.1) is 0 Å². The largest absolute Gasteiger partial charge is 0.494 e. The maximum Gasteiger partial charge on any atom is 0.328 e. The van der Waals surface area contributed by atoms with Crippen LogP contribution in [0.1, 0.15) is 6.92 Å². The molecule has 20 heavy (non-hydrogen) atoms. The molecule has 0 heterocycles. The fourth-order valence-corrected chi connectivity index (χ4v) is 1.37. The van der Waals surface area contributed by atoms with Gasteiger partial charge in [0.15, 0.2) is 6.61 Å². The van der Waals surface area contributed by atoms with Crippen molar-refractivity contribution in [3.8, 4) is 11.5 Å². The highest BCUT2D eigenvalue weighted by molar-refractivity contribution is 5.84. The van der Waals surface area contributed by atoms with Crippen molar-refractivity contribution in [1.29, 1.82) is 0 Å². The number of hydrogen-bond donors (Lipinski definition) is 3. The minimum absolute atomic E-state index is 0.336. The minimum atomic E-state index is -1.33. The predicted molar refractivity (Wildman–Crippen MR) is 69.8 cm³/mol. The number of carboxylic acid groups (broad SMARTS) is 1. The number of aliphatic hydroxyl groups excluding tert-OH is 1. The number of carboxylic acids is 1. The molecule has 0 saturated carbocycles. The van der Waals surface area contributed by atoms with Gasteiger partial charge in [0.05, 0.1) is 13.2 Å². The van der Waals surface area contributed by atoms with Crippen molar-refractivity contribution < 1.29 is 29.3 Å². The van der Waals surface area contributed by atoms with Gasteiger partial charge >= 0.3 is 5.97 Å². The number of benzene rings is 1. The number of carbonyl (C=O) groups excluding carboxylic acids is 1. The smallest absolute Gasteiger partial charge is 0.328 e. The van der Waals surface area contributed by atoms with Gasteiger partial charge in [0.1, 0.15) is 17.5 Å². The van der Waals surface area contributed by atoms with E-state index < -0.39 is 24.5 Å². The molecule has 0 fully saturated rings. The first-order chi connectivity index (χ1) is 9.56. The number of aliphatic hydroxyl groups is 1. The summed E-state index contributed by atoms with van der Waals surface area (Å²) in [5.74, 6) is -0.780. The van der Waals surface area contributed by atoms with Crippen LogP contribution in [-0.4, -0.2) is 48.0 Å². The van der Waals surface area contributed by atoms with Crippen LogP contribution >= 0.6 is 0 Å². The number of aliphatic carboxylic acids is 1. The standard InChI is InChI=1S/C13H17NO6/c1-2-19-9-3-5-10(6-4-9)20-8-12(16)14-11(7-15)13(17)18/h3-6,11,15H,2,7-8H2,1H3,(H,14,16)(H,17,18)/t11-/m1/s1. The van der Waals surface area contributed by atoms with Crippen LogP contribution < -0.4 is 14.8 Å². The second kappa shape index (κ2) is 8.00. The van der Waals surface area contributed by atoms with E-state index in [9.17, 15) is 9.59 Å². The number of amides is 1. The fourth-order valence-electron chi connectivity index (χ4n) is 1.37. The molecule has 0 aromatic heterocycles. The van der Waals surface area contributed by atoms with Crippen molar-refractivity contribution in [2.24, 2.45) is 0 Å². The Morgan fingerprint density at radius 1 is 1.20 bits per heavy atom. The van der Waals surface area contributed by atoms with E-state index in [4.69, 9.17) is 19.7 Å². The number of hydrogen-bond acceptors (Lipinski definition) is 5. The van der Waals surface area contributed by atoms with Gasteiger partial charge in [0.2, 0.25) is 0 Å². The van der Waals surface area contributed by atoms with E-state index in [0.29, 0.717) is 18.1 Å². The van der Waals surface area contributed by atoms with Crippen molar-refractivity contribution in [2.45, 2.75) is 13.0 Å². The predicted octanol–water partition coefficient (Wildman–Crippen LogP) is 0.0258. The zero-order valence-corrected chi connectivity index (χ0v) is 11.0. The van der Waals surface area contributed by atoms with E-state index in [2.05, 4.69) is 5.32 Å². The summed E-state index contributed by atoms with van der Waals surface area (Å²) in [5, 5.41) is 19.6. The average Bonchev–Trinajstić information content (AvgIpc) is 2.44. The molecule has 1 atom stereocenters. The maximum absolute atomic E-state index is 11.4. The molecule has 0 spiro atoms. The highest BCUT2D eigenvalue weighted by Crippen LogP contribution is 2.17. The molecule has 7 nitrogen and oxygen atoms in total. The Hall–Kier alpha value is -2.28. The van der Waals surface area contributed by atoms with E-state index in [1.807, 2.05) is 6.92 Å². The monoisotopic (exact) mass is 283 g/mol. The Bertz CT molecular complexity index is 445. The lowest BCUT2D eigenvalue weighted by atomic mass is 10.3. The molecule has 110 valence electrons. The highest BCUT2D eigenvalue weighted by atomic mass is 16.5. The summed E-state index contributed by atoms with van der Waals surface area (Å²) < 4.78 is 10.4. The van der Waals surface area contributed by atoms with Crippen molar-refractivity contribution in [1.82, 2.24) is 5.32 Å². The minimum Gasteiger partial charge on any atom is -0.494 e. The van der Waals surface area contributed by atoms with Crippen LogP contribution in [0.25, 0.3) is 0 Å². The quantitative estimate of drug-likeness (QED) is 0.621. The van der Waals surface area contributed by atoms with Gasteiger partial charge in [0.25, 0.3) is 5.91 Å². The highest BCUT2D eigenvalue weighted by Gasteiger charge is 2.18. The Morgan fingerprint density at radius 3 is 2.20 bits per heavy atom. The summed E-state index contributed by atoms with van der Waals surface area (Å²) in [6.07, 6.45) is 0. The summed E-state index contributed by atoms with van der Waals surface area (Å²) in [5.41, 5.74) is 0. The molecular formula is C13H17NO6. The Morgan fingerprint density at radius 2 is 1.75 bits per heavy atom. The molecule has 0 saturated heterocycles. The molecule has 1 amide bonds. The van der Waals surface area contributed by atoms with E-state index >= 15 is 0 Å². The zero-order valence-electron chi connectivity index (χ0n) is 11.0. The number of nitrogens with one attached hydrogen (secondary N) is 1. The molecule has 0 aliphatic carbocycles. The summed E-state index contributed by atoms with van der Waals surface area (Å²) in [7, 11) is 0. The molecule has 0 radical (unpaired) electrons. The zero-order chi connectivity index (χ0) is 15.0. The fraction of sp³-hybridized carbons (Fsp3) is 0.385. The molecule has 0 bridgehead atoms. The normalized spacial score (nSPS) is 11.5. The molecule has 0 aliphatic rings. The van der Waals surface area contributed by atoms with Crippen molar-refractivity contribution in [3.05, 3.63) is 24.3 Å². The lowest BCUT2D eigenvalue weighted by Gasteiger charge is -2.12. The lowest BCUT2D eigenvalue weighted by Crippen LogP contribution is -2.45. The molecule has 1 rings (SSSR count). The van der Waals surface area contributed by atoms with Gasteiger partial charge in [-0.1, -0.05) is 0 Å². The molecule has 3 N–H and O–H groups in total. The molecular weight excluding hydrogens is 266 g/mol. The summed E-state index contributed by atoms with van der Waals surface area (Å²) in [6.45, 7) is 1.41. The van der Waals surface area contributed by atoms with Crippen molar-refractivity contribution >= 4 is 11.9 Å². The molecule has 7 heteroatoms. The third-order valence-electron chi connectivity index (χ3n) is 2.32. The van der Waals surface area contributed by atoms with Crippen molar-refractivity contribution in [2.75, 3.05) is 19.8 Å². The van der Waals surface area contributed by atoms with Gasteiger partial charge in [-0.25, -0.2) is 4.79 Å². The second-order valence-corrected chi connectivity index (χ2v) is 3.83. The third-order valence-corrected chi connectivity index (χ3v) is 2.32. The van der Waals surface area contributed by atoms with E-state index in [-0.39, 0.29) is 6.61 Å². The first-order valence-electron chi connectivity index (χ1n) is 6.05. The molecule has 0 unspecified atom stereocenters. The van der Waals surface area contributed by atoms with E-state index in [0.717, 1.165) is 0 Å². The SMILES string of the molecule is CCOc1ccc(OCC(=O)N[C@H](CO)C(=O)O)cc1. The topological polar surface area (TPSA) is 105 Å². The van der Waals surface area contributed by atoms with Gasteiger partial charge in [-0.3, -0.25) is 4.79 Å². The van der Waals surface area contributed by atoms with Crippen LogP contribution in [-0.2, 0) is 9.59 Å². The Balaban J connectivity index is 2.42. The number of carbonyl (C=O) groups is 2. The van der Waals surface area contributed by atoms with Gasteiger partial charge in [0, 0.05) is 0 Å². The lowest BCUT2D eigenvalue weighted by molar-refractivity contribution is -0.143. The average molecular weight is 283 g/mol. The molecule has 1 aromatic rings. The van der Waals surface area contributed by atoms with Crippen LogP contribution in [0.4, 0.5) is 0 Å². The maximum atomic E-state index is 11.4. The van der Waals surface area contributed by atoms with Crippen LogP contribution in [0.5, 0.6) is 11.5 Å². The van der Waals surface area contributed by atoms with Crippen LogP contribution in [0.3, 0.4) is 0 Å². The summed E-state index contributed by atoms with van der Waals surface area (Å²) in [4.78, 5) is 22.0. The summed E-state index contributed by atoms with van der Waals surface area (Å²) >= 11 is 0. The first kappa shape index (κ1) is 15.8. The molecule has 1 aromatic carbocycles.